The van der Waals surface area contributed by atoms with Gasteiger partial charge < -0.3 is 10.2 Å². The number of aliphatic hydroxyl groups is 2. The lowest BCUT2D eigenvalue weighted by Gasteiger charge is -2.29. The van der Waals surface area contributed by atoms with Crippen LogP contribution in [-0.4, -0.2) is 41.3 Å². The number of sulfone groups is 1. The van der Waals surface area contributed by atoms with Crippen molar-refractivity contribution in [1.29, 1.82) is 0 Å². The Bertz CT molecular complexity index is 287. The predicted molar refractivity (Wildman–Crippen MR) is 69.7 cm³/mol. The SMILES string of the molecule is CCC(O)(CC)CS(=O)(=O)CC(O)(CC)CC. The first kappa shape index (κ1) is 16.9. The van der Waals surface area contributed by atoms with Crippen molar-refractivity contribution in [3.8, 4) is 0 Å². The Morgan fingerprint density at radius 1 is 0.765 bits per heavy atom. The van der Waals surface area contributed by atoms with E-state index < -0.39 is 21.0 Å². The molecule has 0 radical (unpaired) electrons. The van der Waals surface area contributed by atoms with Gasteiger partial charge in [0.25, 0.3) is 0 Å². The lowest BCUT2D eigenvalue weighted by molar-refractivity contribution is 0.0484. The standard InChI is InChI=1S/C12H26O4S/c1-5-11(13,6-2)9-17(15,16)10-12(14,7-3)8-4/h13-14H,5-10H2,1-4H3. The zero-order valence-electron chi connectivity index (χ0n) is 11.4. The maximum atomic E-state index is 12.0. The lowest BCUT2D eigenvalue weighted by atomic mass is 10.0. The Morgan fingerprint density at radius 2 is 1.00 bits per heavy atom. The van der Waals surface area contributed by atoms with Gasteiger partial charge in [0.05, 0.1) is 22.7 Å². The topological polar surface area (TPSA) is 74.6 Å². The Kier molecular flexibility index (Phi) is 6.11. The fraction of sp³-hybridized carbons (Fsp3) is 1.00. The Labute approximate surface area is 105 Å². The van der Waals surface area contributed by atoms with Crippen molar-refractivity contribution in [3.05, 3.63) is 0 Å². The normalized spacial score (nSPS) is 14.0. The Balaban J connectivity index is 4.82. The molecule has 0 rings (SSSR count). The maximum absolute atomic E-state index is 12.0. The molecule has 0 saturated carbocycles. The molecule has 0 fully saturated rings. The van der Waals surface area contributed by atoms with Crippen LogP contribution in [0.4, 0.5) is 0 Å². The van der Waals surface area contributed by atoms with Crippen LogP contribution >= 0.6 is 0 Å². The van der Waals surface area contributed by atoms with Gasteiger partial charge in [-0.15, -0.1) is 0 Å². The van der Waals surface area contributed by atoms with Crippen LogP contribution in [0.1, 0.15) is 53.4 Å². The molecule has 0 spiro atoms. The molecule has 0 aliphatic carbocycles. The average Bonchev–Trinajstić information content (AvgIpc) is 2.27. The second kappa shape index (κ2) is 6.16. The first-order valence-corrected chi connectivity index (χ1v) is 8.13. The molecule has 104 valence electrons. The summed E-state index contributed by atoms with van der Waals surface area (Å²) < 4.78 is 24.0. The summed E-state index contributed by atoms with van der Waals surface area (Å²) in [6.45, 7) is 7.07. The highest BCUT2D eigenvalue weighted by atomic mass is 32.2. The highest BCUT2D eigenvalue weighted by Gasteiger charge is 2.35. The van der Waals surface area contributed by atoms with Crippen LogP contribution in [0, 0.1) is 0 Å². The van der Waals surface area contributed by atoms with Crippen molar-refractivity contribution in [1.82, 2.24) is 0 Å². The van der Waals surface area contributed by atoms with Crippen LogP contribution in [0.3, 0.4) is 0 Å². The van der Waals surface area contributed by atoms with Crippen LogP contribution in [0.5, 0.6) is 0 Å². The van der Waals surface area contributed by atoms with Crippen LogP contribution in [-0.2, 0) is 9.84 Å². The molecule has 5 heteroatoms. The van der Waals surface area contributed by atoms with E-state index in [4.69, 9.17) is 0 Å². The quantitative estimate of drug-likeness (QED) is 0.698. The summed E-state index contributed by atoms with van der Waals surface area (Å²) in [7, 11) is -3.45. The molecular formula is C12H26O4S. The minimum Gasteiger partial charge on any atom is -0.389 e. The number of hydrogen-bond donors (Lipinski definition) is 2. The van der Waals surface area contributed by atoms with Crippen molar-refractivity contribution in [3.63, 3.8) is 0 Å². The smallest absolute Gasteiger partial charge is 0.155 e. The molecule has 0 saturated heterocycles. The van der Waals surface area contributed by atoms with Gasteiger partial charge in [0.15, 0.2) is 9.84 Å². The molecular weight excluding hydrogens is 240 g/mol. The Hall–Kier alpha value is -0.130. The molecule has 0 aliphatic heterocycles. The summed E-state index contributed by atoms with van der Waals surface area (Å²) in [5.74, 6) is -0.537. The fourth-order valence-electron chi connectivity index (χ4n) is 1.78. The molecule has 2 N–H and O–H groups in total. The summed E-state index contributed by atoms with van der Waals surface area (Å²) >= 11 is 0. The van der Waals surface area contributed by atoms with Crippen molar-refractivity contribution in [2.75, 3.05) is 11.5 Å². The summed E-state index contributed by atoms with van der Waals surface area (Å²) in [5, 5.41) is 20.1. The summed E-state index contributed by atoms with van der Waals surface area (Å²) in [5.41, 5.74) is -2.33. The van der Waals surface area contributed by atoms with E-state index in [0.717, 1.165) is 0 Å². The number of rotatable bonds is 8. The van der Waals surface area contributed by atoms with Crippen LogP contribution in [0.2, 0.25) is 0 Å². The van der Waals surface area contributed by atoms with E-state index in [1.807, 2.05) is 0 Å². The summed E-state index contributed by atoms with van der Waals surface area (Å²) in [6.07, 6.45) is 1.61. The second-order valence-electron chi connectivity index (χ2n) is 4.90. The maximum Gasteiger partial charge on any atom is 0.155 e. The van der Waals surface area contributed by atoms with Gasteiger partial charge in [-0.05, 0) is 25.7 Å². The van der Waals surface area contributed by atoms with Gasteiger partial charge in [0.2, 0.25) is 0 Å². The van der Waals surface area contributed by atoms with E-state index in [9.17, 15) is 18.6 Å². The summed E-state index contributed by atoms with van der Waals surface area (Å²) in [6, 6.07) is 0. The molecule has 0 aliphatic rings. The molecule has 0 aromatic carbocycles. The van der Waals surface area contributed by atoms with Gasteiger partial charge in [-0.25, -0.2) is 8.42 Å². The molecule has 0 bridgehead atoms. The minimum atomic E-state index is -3.45. The van der Waals surface area contributed by atoms with Crippen LogP contribution < -0.4 is 0 Å². The monoisotopic (exact) mass is 266 g/mol. The first-order valence-electron chi connectivity index (χ1n) is 6.31. The molecule has 0 amide bonds. The predicted octanol–water partition coefficient (Wildman–Crippen LogP) is 1.50. The summed E-state index contributed by atoms with van der Waals surface area (Å²) in [4.78, 5) is 0. The molecule has 0 aromatic heterocycles. The van der Waals surface area contributed by atoms with E-state index in [1.54, 1.807) is 27.7 Å². The Morgan fingerprint density at radius 3 is 1.18 bits per heavy atom. The molecule has 0 heterocycles. The van der Waals surface area contributed by atoms with E-state index in [2.05, 4.69) is 0 Å². The van der Waals surface area contributed by atoms with Gasteiger partial charge in [-0.2, -0.15) is 0 Å². The molecule has 0 aromatic rings. The van der Waals surface area contributed by atoms with Gasteiger partial charge >= 0.3 is 0 Å². The van der Waals surface area contributed by atoms with Gasteiger partial charge in [-0.1, -0.05) is 27.7 Å². The fourth-order valence-corrected chi connectivity index (χ4v) is 4.33. The van der Waals surface area contributed by atoms with Crippen LogP contribution in [0.15, 0.2) is 0 Å². The van der Waals surface area contributed by atoms with Crippen LogP contribution in [0.25, 0.3) is 0 Å². The van der Waals surface area contributed by atoms with Crippen molar-refractivity contribution >= 4 is 9.84 Å². The average molecular weight is 266 g/mol. The van der Waals surface area contributed by atoms with E-state index >= 15 is 0 Å². The number of hydrogen-bond acceptors (Lipinski definition) is 4. The second-order valence-corrected chi connectivity index (χ2v) is 6.96. The zero-order chi connectivity index (χ0) is 13.7. The zero-order valence-corrected chi connectivity index (χ0v) is 12.2. The third-order valence-corrected chi connectivity index (χ3v) is 5.56. The van der Waals surface area contributed by atoms with E-state index in [-0.39, 0.29) is 11.5 Å². The molecule has 0 atom stereocenters. The minimum absolute atomic E-state index is 0.269. The van der Waals surface area contributed by atoms with E-state index in [0.29, 0.717) is 25.7 Å². The highest BCUT2D eigenvalue weighted by molar-refractivity contribution is 7.91. The van der Waals surface area contributed by atoms with Gasteiger partial charge in [-0.3, -0.25) is 0 Å². The molecule has 0 unspecified atom stereocenters. The third kappa shape index (κ3) is 5.36. The van der Waals surface area contributed by atoms with Crippen molar-refractivity contribution in [2.45, 2.75) is 64.6 Å². The first-order chi connectivity index (χ1) is 7.66. The third-order valence-electron chi connectivity index (χ3n) is 3.61. The van der Waals surface area contributed by atoms with Crippen molar-refractivity contribution < 1.29 is 18.6 Å². The molecule has 17 heavy (non-hydrogen) atoms. The molecule has 4 nitrogen and oxygen atoms in total. The largest absolute Gasteiger partial charge is 0.389 e. The highest BCUT2D eigenvalue weighted by Crippen LogP contribution is 2.22. The van der Waals surface area contributed by atoms with Gasteiger partial charge in [0.1, 0.15) is 0 Å². The lowest BCUT2D eigenvalue weighted by Crippen LogP contribution is -2.42. The van der Waals surface area contributed by atoms with Crippen molar-refractivity contribution in [2.24, 2.45) is 0 Å². The van der Waals surface area contributed by atoms with E-state index in [1.165, 1.54) is 0 Å². The van der Waals surface area contributed by atoms with Gasteiger partial charge in [0, 0.05) is 0 Å².